The number of benzene rings is 1. The monoisotopic (exact) mass is 422 g/mol. The number of thiophene rings is 1. The molecule has 150 valence electrons. The summed E-state index contributed by atoms with van der Waals surface area (Å²) in [7, 11) is 0. The third-order valence-electron chi connectivity index (χ3n) is 6.83. The van der Waals surface area contributed by atoms with Crippen molar-refractivity contribution in [3.63, 3.8) is 0 Å². The Bertz CT molecular complexity index is 1120. The van der Waals surface area contributed by atoms with Crippen LogP contribution >= 0.6 is 23.1 Å². The third kappa shape index (κ3) is 3.28. The minimum atomic E-state index is 0.224. The van der Waals surface area contributed by atoms with E-state index in [9.17, 15) is 4.79 Å². The molecule has 6 rings (SSSR count). The topological polar surface area (TPSA) is 25.2 Å². The molecule has 0 bridgehead atoms. The van der Waals surface area contributed by atoms with Crippen LogP contribution in [0.1, 0.15) is 30.5 Å². The molecule has 0 spiro atoms. The fourth-order valence-corrected chi connectivity index (χ4v) is 7.19. The average Bonchev–Trinajstić information content (AvgIpc) is 3.20. The Morgan fingerprint density at radius 3 is 2.86 bits per heavy atom. The van der Waals surface area contributed by atoms with Gasteiger partial charge in [-0.3, -0.25) is 9.69 Å². The van der Waals surface area contributed by atoms with Crippen LogP contribution < -0.4 is 5.56 Å². The molecule has 1 unspecified atom stereocenters. The Morgan fingerprint density at radius 2 is 2.03 bits per heavy atom. The zero-order valence-corrected chi connectivity index (χ0v) is 18.2. The van der Waals surface area contributed by atoms with Crippen molar-refractivity contribution in [2.75, 3.05) is 18.1 Å². The highest BCUT2D eigenvalue weighted by Gasteiger charge is 2.31. The Balaban J connectivity index is 1.49. The molecule has 1 saturated carbocycles. The minimum absolute atomic E-state index is 0.224. The maximum Gasteiger partial charge on any atom is 0.258 e. The van der Waals surface area contributed by atoms with E-state index in [-0.39, 0.29) is 5.56 Å². The summed E-state index contributed by atoms with van der Waals surface area (Å²) in [6.07, 6.45) is 4.87. The van der Waals surface area contributed by atoms with E-state index in [4.69, 9.17) is 0 Å². The Kier molecular flexibility index (Phi) is 4.58. The van der Waals surface area contributed by atoms with Crippen molar-refractivity contribution in [2.24, 2.45) is 5.92 Å². The van der Waals surface area contributed by atoms with Crippen LogP contribution in [0.4, 0.5) is 0 Å². The predicted molar refractivity (Wildman–Crippen MR) is 124 cm³/mol. The van der Waals surface area contributed by atoms with Gasteiger partial charge in [0.15, 0.2) is 0 Å². The molecule has 2 fully saturated rings. The minimum Gasteiger partial charge on any atom is -0.311 e. The van der Waals surface area contributed by atoms with Gasteiger partial charge in [-0.25, -0.2) is 0 Å². The first-order valence-electron chi connectivity index (χ1n) is 10.8. The highest BCUT2D eigenvalue weighted by molar-refractivity contribution is 7.99. The van der Waals surface area contributed by atoms with Gasteiger partial charge in [0.1, 0.15) is 0 Å². The first-order valence-corrected chi connectivity index (χ1v) is 12.9. The Hall–Kier alpha value is -1.56. The maximum absolute atomic E-state index is 13.7. The molecule has 5 heteroatoms. The van der Waals surface area contributed by atoms with Gasteiger partial charge in [-0.15, -0.1) is 11.3 Å². The fourth-order valence-electron chi connectivity index (χ4n) is 5.01. The second kappa shape index (κ2) is 7.29. The average molecular weight is 423 g/mol. The molecule has 0 amide bonds. The van der Waals surface area contributed by atoms with Crippen molar-refractivity contribution in [3.05, 3.63) is 57.3 Å². The van der Waals surface area contributed by atoms with Crippen molar-refractivity contribution in [3.8, 4) is 11.1 Å². The van der Waals surface area contributed by atoms with Crippen LogP contribution in [0, 0.1) is 5.92 Å². The fraction of sp³-hybridized carbons (Fsp3) is 0.458. The van der Waals surface area contributed by atoms with Crippen molar-refractivity contribution < 1.29 is 0 Å². The highest BCUT2D eigenvalue weighted by Crippen LogP contribution is 2.35. The quantitative estimate of drug-likeness (QED) is 0.591. The molecule has 3 nitrogen and oxygen atoms in total. The summed E-state index contributed by atoms with van der Waals surface area (Å²) in [5.74, 6) is 3.26. The normalized spacial score (nSPS) is 22.3. The first-order chi connectivity index (χ1) is 14.3. The molecular formula is C24H26N2OS2. The number of fused-ring (bicyclic) bond motifs is 2. The molecule has 29 heavy (non-hydrogen) atoms. The molecular weight excluding hydrogens is 396 g/mol. The van der Waals surface area contributed by atoms with Gasteiger partial charge in [0.25, 0.3) is 5.56 Å². The number of thioether (sulfide) groups is 1. The van der Waals surface area contributed by atoms with E-state index >= 15 is 0 Å². The van der Waals surface area contributed by atoms with Crippen LogP contribution in [0.2, 0.25) is 0 Å². The van der Waals surface area contributed by atoms with Crippen LogP contribution in [-0.2, 0) is 19.5 Å². The van der Waals surface area contributed by atoms with E-state index in [0.29, 0.717) is 12.0 Å². The Labute approximate surface area is 179 Å². The lowest BCUT2D eigenvalue weighted by Crippen LogP contribution is -2.42. The van der Waals surface area contributed by atoms with Crippen LogP contribution in [0.3, 0.4) is 0 Å². The summed E-state index contributed by atoms with van der Waals surface area (Å²) < 4.78 is 3.40. The largest absolute Gasteiger partial charge is 0.311 e. The lowest BCUT2D eigenvalue weighted by atomic mass is 9.97. The van der Waals surface area contributed by atoms with E-state index < -0.39 is 0 Å². The molecule has 3 aromatic rings. The van der Waals surface area contributed by atoms with E-state index in [1.54, 1.807) is 11.3 Å². The van der Waals surface area contributed by atoms with Crippen LogP contribution in [-0.4, -0.2) is 33.6 Å². The number of pyridine rings is 1. The number of nitrogens with zero attached hydrogens (tertiary/aromatic N) is 2. The molecule has 4 heterocycles. The van der Waals surface area contributed by atoms with Gasteiger partial charge in [0.05, 0.1) is 0 Å². The molecule has 0 radical (unpaired) electrons. The van der Waals surface area contributed by atoms with Gasteiger partial charge < -0.3 is 4.57 Å². The van der Waals surface area contributed by atoms with Crippen molar-refractivity contribution >= 4 is 33.2 Å². The van der Waals surface area contributed by atoms with E-state index in [1.165, 1.54) is 52.1 Å². The molecule has 0 N–H and O–H groups in total. The van der Waals surface area contributed by atoms with Crippen molar-refractivity contribution in [1.82, 2.24) is 9.47 Å². The second-order valence-corrected chi connectivity index (χ2v) is 10.8. The molecule has 1 aliphatic carbocycles. The lowest BCUT2D eigenvalue weighted by Gasteiger charge is -2.34. The summed E-state index contributed by atoms with van der Waals surface area (Å²) in [6, 6.07) is 11.5. The van der Waals surface area contributed by atoms with Crippen molar-refractivity contribution in [1.29, 1.82) is 0 Å². The van der Waals surface area contributed by atoms with Gasteiger partial charge in [-0.1, -0.05) is 18.2 Å². The molecule has 1 saturated heterocycles. The second-order valence-electron chi connectivity index (χ2n) is 8.77. The highest BCUT2D eigenvalue weighted by atomic mass is 32.2. The smallest absolute Gasteiger partial charge is 0.258 e. The van der Waals surface area contributed by atoms with E-state index in [2.05, 4.69) is 56.9 Å². The summed E-state index contributed by atoms with van der Waals surface area (Å²) in [5.41, 5.74) is 4.94. The van der Waals surface area contributed by atoms with Gasteiger partial charge in [-0.05, 0) is 59.4 Å². The zero-order valence-electron chi connectivity index (χ0n) is 16.6. The van der Waals surface area contributed by atoms with E-state index in [1.807, 2.05) is 0 Å². The third-order valence-corrected chi connectivity index (χ3v) is 8.94. The standard InChI is InChI=1S/C24H26N2OS2/c27-24-21(20-3-1-2-17-7-11-29-23(17)20)12-18-14-25(19-8-10-28-15-19)9-6-22(18)26(24)13-16-4-5-16/h1-3,7,11-12,16,19H,4-6,8-10,13-15H2. The number of hydrogen-bond donors (Lipinski definition) is 0. The SMILES string of the molecule is O=c1c(-c2cccc3ccsc23)cc2c(n1CC1CC1)CCN(C1CCSC1)C2. The van der Waals surface area contributed by atoms with Gasteiger partial charge in [-0.2, -0.15) is 11.8 Å². The number of rotatable bonds is 4. The van der Waals surface area contributed by atoms with Crippen molar-refractivity contribution in [2.45, 2.75) is 44.8 Å². The molecule has 3 aliphatic rings. The summed E-state index contributed by atoms with van der Waals surface area (Å²) in [5, 5.41) is 3.37. The summed E-state index contributed by atoms with van der Waals surface area (Å²) >= 11 is 3.83. The molecule has 2 aliphatic heterocycles. The summed E-state index contributed by atoms with van der Waals surface area (Å²) in [6.45, 7) is 3.01. The van der Waals surface area contributed by atoms with Crippen LogP contribution in [0.15, 0.2) is 40.5 Å². The molecule has 2 aromatic heterocycles. The van der Waals surface area contributed by atoms with Gasteiger partial charge in [0, 0.05) is 59.4 Å². The number of aromatic nitrogens is 1. The molecule has 1 atom stereocenters. The first kappa shape index (κ1) is 18.2. The van der Waals surface area contributed by atoms with Gasteiger partial charge >= 0.3 is 0 Å². The number of hydrogen-bond acceptors (Lipinski definition) is 4. The van der Waals surface area contributed by atoms with Crippen LogP contribution in [0.25, 0.3) is 21.2 Å². The lowest BCUT2D eigenvalue weighted by molar-refractivity contribution is 0.190. The summed E-state index contributed by atoms with van der Waals surface area (Å²) in [4.78, 5) is 16.3. The van der Waals surface area contributed by atoms with E-state index in [0.717, 1.165) is 37.2 Å². The zero-order chi connectivity index (χ0) is 19.4. The maximum atomic E-state index is 13.7. The Morgan fingerprint density at radius 1 is 1.10 bits per heavy atom. The van der Waals surface area contributed by atoms with Gasteiger partial charge in [0.2, 0.25) is 0 Å². The predicted octanol–water partition coefficient (Wildman–Crippen LogP) is 5.00. The molecule has 1 aromatic carbocycles. The van der Waals surface area contributed by atoms with Crippen LogP contribution in [0.5, 0.6) is 0 Å².